The normalized spacial score (nSPS) is 10.5. The van der Waals surface area contributed by atoms with Crippen LogP contribution in [0.5, 0.6) is 0 Å². The summed E-state index contributed by atoms with van der Waals surface area (Å²) in [6.45, 7) is 9.83. The summed E-state index contributed by atoms with van der Waals surface area (Å²) in [4.78, 5) is 0. The zero-order valence-corrected chi connectivity index (χ0v) is 10.1. The van der Waals surface area contributed by atoms with Crippen molar-refractivity contribution < 1.29 is 19.7 Å². The Balaban J connectivity index is -0.000000131. The topological polar surface area (TPSA) is 58.9 Å². The van der Waals surface area contributed by atoms with Gasteiger partial charge in [0.2, 0.25) is 0 Å². The number of aliphatic hydroxyl groups excluding tert-OH is 2. The molecule has 14 heavy (non-hydrogen) atoms. The van der Waals surface area contributed by atoms with Crippen molar-refractivity contribution in [2.45, 2.75) is 33.8 Å². The number of aliphatic hydroxyl groups is 2. The van der Waals surface area contributed by atoms with Crippen molar-refractivity contribution in [1.29, 1.82) is 0 Å². The van der Waals surface area contributed by atoms with Crippen LogP contribution in [0.15, 0.2) is 0 Å². The van der Waals surface area contributed by atoms with Crippen LogP contribution in [0, 0.1) is 0 Å². The van der Waals surface area contributed by atoms with Crippen molar-refractivity contribution in [3.8, 4) is 0 Å². The fraction of sp³-hybridized carbons (Fsp3) is 1.00. The third-order valence-electron chi connectivity index (χ3n) is 0.961. The minimum Gasteiger partial charge on any atom is -0.394 e. The molecule has 4 heteroatoms. The standard InChI is InChI=1S/C4H10O.C3H8O2.C3H8O/c1-3-5-4-2;1-3(5)2-4;1-3-4-2/h3-4H2,1-2H3;3-5H,2H2,1H3;3H2,1-2H3. The van der Waals surface area contributed by atoms with Crippen LogP contribution in [-0.4, -0.2) is 49.9 Å². The molecule has 0 radical (unpaired) electrons. The molecular weight excluding hydrogens is 184 g/mol. The zero-order valence-electron chi connectivity index (χ0n) is 10.1. The van der Waals surface area contributed by atoms with Gasteiger partial charge in [-0.15, -0.1) is 0 Å². The first kappa shape index (κ1) is 19.4. The first-order valence-electron chi connectivity index (χ1n) is 4.96. The summed E-state index contributed by atoms with van der Waals surface area (Å²) >= 11 is 0. The molecule has 0 saturated carbocycles. The monoisotopic (exact) mass is 210 g/mol. The van der Waals surface area contributed by atoms with Gasteiger partial charge in [-0.05, 0) is 27.7 Å². The largest absolute Gasteiger partial charge is 0.394 e. The highest BCUT2D eigenvalue weighted by molar-refractivity contribution is 4.34. The maximum absolute atomic E-state index is 8.11. The summed E-state index contributed by atoms with van der Waals surface area (Å²) in [5.74, 6) is 0. The molecule has 0 aromatic rings. The van der Waals surface area contributed by atoms with E-state index in [-0.39, 0.29) is 6.61 Å². The molecule has 90 valence electrons. The molecule has 0 saturated heterocycles. The van der Waals surface area contributed by atoms with Crippen LogP contribution in [0.1, 0.15) is 27.7 Å². The fourth-order valence-corrected chi connectivity index (χ4v) is 0.204. The molecular formula is C10H26O4. The van der Waals surface area contributed by atoms with E-state index in [1.807, 2.05) is 20.8 Å². The van der Waals surface area contributed by atoms with Crippen molar-refractivity contribution in [2.75, 3.05) is 33.5 Å². The SMILES string of the molecule is CC(O)CO.CCOC.CCOCC. The first-order chi connectivity index (χ1) is 6.60. The molecule has 1 atom stereocenters. The lowest BCUT2D eigenvalue weighted by atomic mass is 10.5. The number of ether oxygens (including phenoxy) is 2. The molecule has 0 bridgehead atoms. The average molecular weight is 210 g/mol. The zero-order chi connectivity index (χ0) is 11.8. The molecule has 0 aromatic heterocycles. The molecule has 0 aromatic carbocycles. The molecule has 4 nitrogen and oxygen atoms in total. The van der Waals surface area contributed by atoms with E-state index < -0.39 is 6.10 Å². The van der Waals surface area contributed by atoms with Gasteiger partial charge in [0.1, 0.15) is 0 Å². The van der Waals surface area contributed by atoms with Gasteiger partial charge in [-0.1, -0.05) is 0 Å². The quantitative estimate of drug-likeness (QED) is 0.728. The predicted octanol–water partition coefficient (Wildman–Crippen LogP) is 1.05. The highest BCUT2D eigenvalue weighted by atomic mass is 16.5. The Morgan fingerprint density at radius 2 is 1.36 bits per heavy atom. The highest BCUT2D eigenvalue weighted by Crippen LogP contribution is 1.68. The van der Waals surface area contributed by atoms with Crippen LogP contribution in [0.4, 0.5) is 0 Å². The third-order valence-corrected chi connectivity index (χ3v) is 0.961. The number of methoxy groups -OCH3 is 1. The maximum atomic E-state index is 8.11. The van der Waals surface area contributed by atoms with E-state index in [9.17, 15) is 0 Å². The van der Waals surface area contributed by atoms with E-state index in [4.69, 9.17) is 14.9 Å². The molecule has 0 spiro atoms. The Hall–Kier alpha value is -0.160. The Kier molecular flexibility index (Phi) is 31.9. The number of hydrogen-bond donors (Lipinski definition) is 2. The Morgan fingerprint density at radius 1 is 1.07 bits per heavy atom. The summed E-state index contributed by atoms with van der Waals surface area (Å²) in [7, 11) is 1.68. The van der Waals surface area contributed by atoms with Crippen LogP contribution in [0.25, 0.3) is 0 Å². The number of rotatable bonds is 4. The second kappa shape index (κ2) is 23.0. The lowest BCUT2D eigenvalue weighted by molar-refractivity contribution is 0.110. The van der Waals surface area contributed by atoms with Crippen molar-refractivity contribution >= 4 is 0 Å². The molecule has 0 rings (SSSR count). The van der Waals surface area contributed by atoms with Gasteiger partial charge in [-0.3, -0.25) is 0 Å². The van der Waals surface area contributed by atoms with Gasteiger partial charge in [-0.2, -0.15) is 0 Å². The highest BCUT2D eigenvalue weighted by Gasteiger charge is 1.83. The summed E-state index contributed by atoms with van der Waals surface area (Å²) in [6, 6.07) is 0. The lowest BCUT2D eigenvalue weighted by Gasteiger charge is -1.90. The Labute approximate surface area is 87.9 Å². The lowest BCUT2D eigenvalue weighted by Crippen LogP contribution is -2.03. The third kappa shape index (κ3) is 59.4. The molecule has 0 aliphatic carbocycles. The average Bonchev–Trinajstić information content (AvgIpc) is 2.20. The molecule has 0 aliphatic heterocycles. The van der Waals surface area contributed by atoms with Gasteiger partial charge < -0.3 is 19.7 Å². The molecule has 1 unspecified atom stereocenters. The van der Waals surface area contributed by atoms with Gasteiger partial charge in [0, 0.05) is 26.9 Å². The Bertz CT molecular complexity index is 63.1. The maximum Gasteiger partial charge on any atom is 0.0742 e. The van der Waals surface area contributed by atoms with E-state index in [0.29, 0.717) is 0 Å². The van der Waals surface area contributed by atoms with E-state index in [1.165, 1.54) is 6.92 Å². The van der Waals surface area contributed by atoms with E-state index in [0.717, 1.165) is 19.8 Å². The van der Waals surface area contributed by atoms with E-state index in [2.05, 4.69) is 4.74 Å². The molecule has 0 fully saturated rings. The predicted molar refractivity (Wildman–Crippen MR) is 58.5 cm³/mol. The molecule has 0 heterocycles. The van der Waals surface area contributed by atoms with Crippen LogP contribution < -0.4 is 0 Å². The Morgan fingerprint density at radius 3 is 1.36 bits per heavy atom. The second-order valence-electron chi connectivity index (χ2n) is 2.39. The van der Waals surface area contributed by atoms with Crippen molar-refractivity contribution in [3.05, 3.63) is 0 Å². The van der Waals surface area contributed by atoms with Gasteiger partial charge >= 0.3 is 0 Å². The fourth-order valence-electron chi connectivity index (χ4n) is 0.204. The van der Waals surface area contributed by atoms with Crippen LogP contribution >= 0.6 is 0 Å². The second-order valence-corrected chi connectivity index (χ2v) is 2.39. The van der Waals surface area contributed by atoms with Crippen molar-refractivity contribution in [2.24, 2.45) is 0 Å². The summed E-state index contributed by atoms with van der Waals surface area (Å²) in [5, 5.41) is 16.0. The van der Waals surface area contributed by atoms with Crippen LogP contribution in [0.2, 0.25) is 0 Å². The summed E-state index contributed by atoms with van der Waals surface area (Å²) in [5.41, 5.74) is 0. The van der Waals surface area contributed by atoms with E-state index >= 15 is 0 Å². The molecule has 0 aliphatic rings. The molecule has 0 amide bonds. The van der Waals surface area contributed by atoms with Crippen molar-refractivity contribution in [1.82, 2.24) is 0 Å². The minimum atomic E-state index is -0.560. The van der Waals surface area contributed by atoms with E-state index in [1.54, 1.807) is 7.11 Å². The summed E-state index contributed by atoms with van der Waals surface area (Å²) in [6.07, 6.45) is -0.560. The minimum absolute atomic E-state index is 0.139. The first-order valence-corrected chi connectivity index (χ1v) is 4.96. The smallest absolute Gasteiger partial charge is 0.0742 e. The van der Waals surface area contributed by atoms with Crippen molar-refractivity contribution in [3.63, 3.8) is 0 Å². The number of hydrogen-bond acceptors (Lipinski definition) is 4. The van der Waals surface area contributed by atoms with Gasteiger partial charge in [-0.25, -0.2) is 0 Å². The van der Waals surface area contributed by atoms with Crippen LogP contribution in [-0.2, 0) is 9.47 Å². The molecule has 2 N–H and O–H groups in total. The van der Waals surface area contributed by atoms with Gasteiger partial charge in [0.15, 0.2) is 0 Å². The van der Waals surface area contributed by atoms with Gasteiger partial charge in [0.25, 0.3) is 0 Å². The summed E-state index contributed by atoms with van der Waals surface area (Å²) < 4.78 is 9.38. The van der Waals surface area contributed by atoms with Crippen LogP contribution in [0.3, 0.4) is 0 Å². The van der Waals surface area contributed by atoms with Gasteiger partial charge in [0.05, 0.1) is 12.7 Å².